The second-order valence-electron chi connectivity index (χ2n) is 2.80. The molecule has 0 amide bonds. The van der Waals surface area contributed by atoms with Gasteiger partial charge in [-0.25, -0.2) is 0 Å². The van der Waals surface area contributed by atoms with Gasteiger partial charge < -0.3 is 15.3 Å². The highest BCUT2D eigenvalue weighted by molar-refractivity contribution is 7.86. The minimum atomic E-state index is -4.70. The summed E-state index contributed by atoms with van der Waals surface area (Å²) in [6.07, 6.45) is -1.40. The lowest BCUT2D eigenvalue weighted by Gasteiger charge is -2.21. The second kappa shape index (κ2) is 5.59. The van der Waals surface area contributed by atoms with Gasteiger partial charge in [0.15, 0.2) is 0 Å². The van der Waals surface area contributed by atoms with Crippen LogP contribution in [0.1, 0.15) is 13.3 Å². The Bertz CT molecular complexity index is 249. The zero-order valence-electron chi connectivity index (χ0n) is 7.66. The normalized spacial score (nSPS) is 18.9. The zero-order valence-corrected chi connectivity index (χ0v) is 8.48. The van der Waals surface area contributed by atoms with Gasteiger partial charge in [-0.05, 0) is 6.42 Å². The molecular weight excluding hydrogens is 214 g/mol. The van der Waals surface area contributed by atoms with Gasteiger partial charge in [-0.1, -0.05) is 6.92 Å². The van der Waals surface area contributed by atoms with Crippen LogP contribution in [0.4, 0.5) is 0 Å². The van der Waals surface area contributed by atoms with Crippen LogP contribution in [0.5, 0.6) is 0 Å². The molecule has 0 aromatic carbocycles. The highest BCUT2D eigenvalue weighted by Crippen LogP contribution is 2.01. The van der Waals surface area contributed by atoms with Gasteiger partial charge in [0.2, 0.25) is 5.44 Å². The summed E-state index contributed by atoms with van der Waals surface area (Å²) in [5, 5.41) is 28.9. The molecule has 0 bridgehead atoms. The Morgan fingerprint density at radius 3 is 2.14 bits per heavy atom. The Hall–Kier alpha value is -0.250. The summed E-state index contributed by atoms with van der Waals surface area (Å²) >= 11 is 0. The Kier molecular flexibility index (Phi) is 5.49. The van der Waals surface area contributed by atoms with Crippen LogP contribution in [0.25, 0.3) is 0 Å². The Balaban J connectivity index is 4.27. The third-order valence-corrected chi connectivity index (χ3v) is 2.56. The molecule has 0 aliphatic rings. The first-order valence-electron chi connectivity index (χ1n) is 4.02. The number of nitrogens with one attached hydrogen (secondary N) is 1. The fourth-order valence-electron chi connectivity index (χ4n) is 0.786. The van der Waals surface area contributed by atoms with Crippen LogP contribution in [-0.2, 0) is 10.1 Å². The molecule has 8 heteroatoms. The van der Waals surface area contributed by atoms with E-state index in [2.05, 4.69) is 5.32 Å². The maximum Gasteiger partial charge on any atom is 0.296 e. The summed E-state index contributed by atoms with van der Waals surface area (Å²) in [7, 11) is -4.70. The maximum absolute atomic E-state index is 10.4. The monoisotopic (exact) mass is 229 g/mol. The molecule has 3 atom stereocenters. The largest absolute Gasteiger partial charge is 0.395 e. The summed E-state index contributed by atoms with van der Waals surface area (Å²) in [4.78, 5) is 0. The molecule has 0 rings (SSSR count). The molecular formula is C6H15NO6S. The van der Waals surface area contributed by atoms with E-state index in [0.29, 0.717) is 6.42 Å². The molecule has 0 aliphatic heterocycles. The first-order chi connectivity index (χ1) is 6.32. The molecule has 0 saturated carbocycles. The Morgan fingerprint density at radius 2 is 1.86 bits per heavy atom. The standard InChI is InChI=1S/C6H15NO6S/c1-2-4(3-8)7-5(9)6(10)14(11,12)13/h4-10H,2-3H2,1H3,(H,11,12,13). The van der Waals surface area contributed by atoms with E-state index in [0.717, 1.165) is 0 Å². The minimum absolute atomic E-state index is 0.314. The molecule has 0 radical (unpaired) electrons. The Morgan fingerprint density at radius 1 is 1.36 bits per heavy atom. The number of aliphatic hydroxyl groups excluding tert-OH is 3. The van der Waals surface area contributed by atoms with Crippen LogP contribution in [-0.4, -0.2) is 52.6 Å². The fourth-order valence-corrected chi connectivity index (χ4v) is 1.19. The van der Waals surface area contributed by atoms with E-state index in [1.54, 1.807) is 6.92 Å². The minimum Gasteiger partial charge on any atom is -0.395 e. The van der Waals surface area contributed by atoms with Crippen LogP contribution in [0.15, 0.2) is 0 Å². The third-order valence-electron chi connectivity index (χ3n) is 1.69. The third kappa shape index (κ3) is 4.31. The second-order valence-corrected chi connectivity index (χ2v) is 4.32. The van der Waals surface area contributed by atoms with Crippen LogP contribution in [0, 0.1) is 0 Å². The number of rotatable bonds is 6. The van der Waals surface area contributed by atoms with Crippen molar-refractivity contribution in [3.8, 4) is 0 Å². The van der Waals surface area contributed by atoms with Crippen molar-refractivity contribution in [2.75, 3.05) is 6.61 Å². The van der Waals surface area contributed by atoms with Crippen molar-refractivity contribution in [1.29, 1.82) is 0 Å². The highest BCUT2D eigenvalue weighted by Gasteiger charge is 2.29. The predicted octanol–water partition coefficient (Wildman–Crippen LogP) is -2.13. The summed E-state index contributed by atoms with van der Waals surface area (Å²) < 4.78 is 29.1. The summed E-state index contributed by atoms with van der Waals surface area (Å²) in [5.41, 5.74) is -2.32. The topological polar surface area (TPSA) is 127 Å². The molecule has 0 aliphatic carbocycles. The van der Waals surface area contributed by atoms with Crippen molar-refractivity contribution in [2.24, 2.45) is 0 Å². The van der Waals surface area contributed by atoms with Crippen LogP contribution in [0.2, 0.25) is 0 Å². The van der Waals surface area contributed by atoms with Gasteiger partial charge in [-0.2, -0.15) is 8.42 Å². The van der Waals surface area contributed by atoms with Gasteiger partial charge in [-0.15, -0.1) is 0 Å². The number of hydrogen-bond donors (Lipinski definition) is 5. The van der Waals surface area contributed by atoms with Crippen molar-refractivity contribution in [1.82, 2.24) is 5.32 Å². The Labute approximate surface area is 82.1 Å². The van der Waals surface area contributed by atoms with Crippen molar-refractivity contribution in [3.05, 3.63) is 0 Å². The van der Waals surface area contributed by atoms with E-state index in [9.17, 15) is 8.42 Å². The number of hydrogen-bond acceptors (Lipinski definition) is 6. The molecule has 3 unspecified atom stereocenters. The molecule has 7 nitrogen and oxygen atoms in total. The van der Waals surface area contributed by atoms with E-state index in [4.69, 9.17) is 19.9 Å². The highest BCUT2D eigenvalue weighted by atomic mass is 32.2. The van der Waals surface area contributed by atoms with Gasteiger partial charge in [0, 0.05) is 6.04 Å². The van der Waals surface area contributed by atoms with E-state index in [-0.39, 0.29) is 6.61 Å². The first-order valence-corrected chi connectivity index (χ1v) is 5.52. The van der Waals surface area contributed by atoms with Crippen molar-refractivity contribution in [3.63, 3.8) is 0 Å². The van der Waals surface area contributed by atoms with Gasteiger partial charge in [0.25, 0.3) is 10.1 Å². The average Bonchev–Trinajstić information content (AvgIpc) is 2.11. The van der Waals surface area contributed by atoms with Gasteiger partial charge in [0.05, 0.1) is 6.61 Å². The molecule has 0 aromatic heterocycles. The summed E-state index contributed by atoms with van der Waals surface area (Å²) in [6, 6.07) is -0.540. The molecule has 14 heavy (non-hydrogen) atoms. The van der Waals surface area contributed by atoms with Crippen LogP contribution in [0.3, 0.4) is 0 Å². The van der Waals surface area contributed by atoms with Crippen molar-refractivity contribution >= 4 is 10.1 Å². The summed E-state index contributed by atoms with van der Waals surface area (Å²) in [6.45, 7) is 1.38. The molecule has 0 spiro atoms. The first kappa shape index (κ1) is 13.8. The lowest BCUT2D eigenvalue weighted by molar-refractivity contribution is 0.0227. The fraction of sp³-hybridized carbons (Fsp3) is 1.00. The SMILES string of the molecule is CCC(CO)NC(O)C(O)S(=O)(=O)O. The van der Waals surface area contributed by atoms with Gasteiger partial charge in [0.1, 0.15) is 6.23 Å². The van der Waals surface area contributed by atoms with Crippen molar-refractivity contribution in [2.45, 2.75) is 31.1 Å². The predicted molar refractivity (Wildman–Crippen MR) is 47.9 cm³/mol. The quantitative estimate of drug-likeness (QED) is 0.260. The van der Waals surface area contributed by atoms with Crippen molar-refractivity contribution < 1.29 is 28.3 Å². The van der Waals surface area contributed by atoms with E-state index < -0.39 is 27.8 Å². The molecule has 0 aromatic rings. The molecule has 5 N–H and O–H groups in total. The van der Waals surface area contributed by atoms with E-state index in [1.165, 1.54) is 0 Å². The molecule has 0 heterocycles. The van der Waals surface area contributed by atoms with E-state index >= 15 is 0 Å². The average molecular weight is 229 g/mol. The molecule has 0 saturated heterocycles. The summed E-state index contributed by atoms with van der Waals surface area (Å²) in [5.74, 6) is 0. The van der Waals surface area contributed by atoms with Gasteiger partial charge in [-0.3, -0.25) is 9.87 Å². The lowest BCUT2D eigenvalue weighted by Crippen LogP contribution is -2.49. The zero-order chi connectivity index (χ0) is 11.4. The molecule has 0 fully saturated rings. The van der Waals surface area contributed by atoms with Crippen LogP contribution >= 0.6 is 0 Å². The number of aliphatic hydroxyl groups is 3. The van der Waals surface area contributed by atoms with Gasteiger partial charge >= 0.3 is 0 Å². The maximum atomic E-state index is 10.4. The molecule has 86 valence electrons. The smallest absolute Gasteiger partial charge is 0.296 e. The van der Waals surface area contributed by atoms with E-state index in [1.807, 2.05) is 0 Å². The van der Waals surface area contributed by atoms with Crippen LogP contribution < -0.4 is 5.32 Å². The lowest BCUT2D eigenvalue weighted by atomic mass is 10.2.